The number of nitrogens with one attached hydrogen (secondary N) is 1. The van der Waals surface area contributed by atoms with E-state index in [4.69, 9.17) is 0 Å². The van der Waals surface area contributed by atoms with Gasteiger partial charge in [0.2, 0.25) is 5.91 Å². The second-order valence-electron chi connectivity index (χ2n) is 3.09. The SMILES string of the molecule is CC1CC(=O)N(C(C)C)N1. The summed E-state index contributed by atoms with van der Waals surface area (Å²) in [6, 6.07) is 0.590. The van der Waals surface area contributed by atoms with E-state index in [2.05, 4.69) is 5.43 Å². The van der Waals surface area contributed by atoms with Gasteiger partial charge in [0, 0.05) is 18.5 Å². The summed E-state index contributed by atoms with van der Waals surface area (Å²) < 4.78 is 0. The number of rotatable bonds is 1. The molecule has 0 spiro atoms. The van der Waals surface area contributed by atoms with Crippen LogP contribution in [0.2, 0.25) is 0 Å². The second-order valence-corrected chi connectivity index (χ2v) is 3.09. The molecule has 0 aromatic heterocycles. The molecule has 1 aliphatic rings. The summed E-state index contributed by atoms with van der Waals surface area (Å²) in [6.45, 7) is 6.02. The summed E-state index contributed by atoms with van der Waals surface area (Å²) in [7, 11) is 0. The topological polar surface area (TPSA) is 32.3 Å². The third kappa shape index (κ3) is 1.29. The molecule has 3 heteroatoms. The lowest BCUT2D eigenvalue weighted by molar-refractivity contribution is -0.131. The van der Waals surface area contributed by atoms with Crippen LogP contribution in [-0.2, 0) is 4.79 Å². The largest absolute Gasteiger partial charge is 0.275 e. The minimum atomic E-state index is 0.211. The van der Waals surface area contributed by atoms with Gasteiger partial charge in [0.05, 0.1) is 0 Å². The molecule has 3 nitrogen and oxygen atoms in total. The van der Waals surface area contributed by atoms with Gasteiger partial charge in [0.1, 0.15) is 0 Å². The summed E-state index contributed by atoms with van der Waals surface area (Å²) in [5.41, 5.74) is 3.09. The molecule has 0 aromatic carbocycles. The number of hydrogen-bond donors (Lipinski definition) is 1. The van der Waals surface area contributed by atoms with Crippen LogP contribution in [0, 0.1) is 0 Å². The summed E-state index contributed by atoms with van der Waals surface area (Å²) in [5, 5.41) is 1.70. The van der Waals surface area contributed by atoms with E-state index >= 15 is 0 Å². The molecule has 1 amide bonds. The molecule has 1 atom stereocenters. The lowest BCUT2D eigenvalue weighted by atomic mass is 10.3. The molecule has 1 unspecified atom stereocenters. The van der Waals surface area contributed by atoms with Gasteiger partial charge in [0.25, 0.3) is 0 Å². The summed E-state index contributed by atoms with van der Waals surface area (Å²) >= 11 is 0. The first kappa shape index (κ1) is 7.54. The van der Waals surface area contributed by atoms with Gasteiger partial charge in [-0.3, -0.25) is 9.80 Å². The van der Waals surface area contributed by atoms with Crippen LogP contribution >= 0.6 is 0 Å². The van der Waals surface area contributed by atoms with E-state index in [9.17, 15) is 4.79 Å². The van der Waals surface area contributed by atoms with Crippen molar-refractivity contribution in [3.05, 3.63) is 0 Å². The average molecular weight is 142 g/mol. The van der Waals surface area contributed by atoms with E-state index < -0.39 is 0 Å². The number of hydrogen-bond acceptors (Lipinski definition) is 2. The number of hydrazine groups is 1. The van der Waals surface area contributed by atoms with Gasteiger partial charge < -0.3 is 0 Å². The van der Waals surface area contributed by atoms with Crippen LogP contribution in [-0.4, -0.2) is 23.0 Å². The lowest BCUT2D eigenvalue weighted by Gasteiger charge is -2.20. The average Bonchev–Trinajstić information content (AvgIpc) is 2.10. The van der Waals surface area contributed by atoms with Crippen molar-refractivity contribution in [1.29, 1.82) is 0 Å². The fourth-order valence-corrected chi connectivity index (χ4v) is 1.15. The monoisotopic (exact) mass is 142 g/mol. The quantitative estimate of drug-likeness (QED) is 0.579. The van der Waals surface area contributed by atoms with Gasteiger partial charge in [-0.1, -0.05) is 0 Å². The fourth-order valence-electron chi connectivity index (χ4n) is 1.15. The molecule has 0 radical (unpaired) electrons. The summed E-state index contributed by atoms with van der Waals surface area (Å²) in [4.78, 5) is 11.1. The highest BCUT2D eigenvalue weighted by Crippen LogP contribution is 2.09. The predicted molar refractivity (Wildman–Crippen MR) is 39.2 cm³/mol. The van der Waals surface area contributed by atoms with E-state index in [-0.39, 0.29) is 11.9 Å². The van der Waals surface area contributed by atoms with E-state index in [1.807, 2.05) is 20.8 Å². The van der Waals surface area contributed by atoms with Gasteiger partial charge in [-0.25, -0.2) is 5.43 Å². The van der Waals surface area contributed by atoms with E-state index in [0.29, 0.717) is 12.5 Å². The number of carbonyl (C=O) groups is 1. The van der Waals surface area contributed by atoms with Crippen molar-refractivity contribution in [2.45, 2.75) is 39.3 Å². The molecule has 0 aromatic rings. The van der Waals surface area contributed by atoms with Crippen molar-refractivity contribution in [3.63, 3.8) is 0 Å². The zero-order chi connectivity index (χ0) is 7.72. The highest BCUT2D eigenvalue weighted by molar-refractivity contribution is 5.78. The van der Waals surface area contributed by atoms with Crippen molar-refractivity contribution in [3.8, 4) is 0 Å². The van der Waals surface area contributed by atoms with Crippen molar-refractivity contribution >= 4 is 5.91 Å². The number of carbonyl (C=O) groups excluding carboxylic acids is 1. The van der Waals surface area contributed by atoms with Crippen LogP contribution in [0.25, 0.3) is 0 Å². The van der Waals surface area contributed by atoms with E-state index in [1.54, 1.807) is 5.01 Å². The van der Waals surface area contributed by atoms with E-state index in [1.165, 1.54) is 0 Å². The third-order valence-electron chi connectivity index (χ3n) is 1.63. The van der Waals surface area contributed by atoms with Gasteiger partial charge in [0.15, 0.2) is 0 Å². The third-order valence-corrected chi connectivity index (χ3v) is 1.63. The molecule has 0 aliphatic carbocycles. The van der Waals surface area contributed by atoms with Crippen LogP contribution in [0.5, 0.6) is 0 Å². The maximum Gasteiger partial charge on any atom is 0.238 e. The fraction of sp³-hybridized carbons (Fsp3) is 0.857. The molecule has 1 fully saturated rings. The molecule has 1 rings (SSSR count). The Labute approximate surface area is 61.4 Å². The Balaban J connectivity index is 2.55. The van der Waals surface area contributed by atoms with Crippen LogP contribution in [0.15, 0.2) is 0 Å². The molecule has 1 heterocycles. The Kier molecular flexibility index (Phi) is 1.94. The zero-order valence-electron chi connectivity index (χ0n) is 6.72. The molecule has 0 saturated carbocycles. The molecular weight excluding hydrogens is 128 g/mol. The summed E-state index contributed by atoms with van der Waals surface area (Å²) in [5.74, 6) is 0.211. The predicted octanol–water partition coefficient (Wildman–Crippen LogP) is 0.520. The highest BCUT2D eigenvalue weighted by Gasteiger charge is 2.27. The normalized spacial score (nSPS) is 26.6. The molecule has 10 heavy (non-hydrogen) atoms. The Hall–Kier alpha value is -0.570. The number of amides is 1. The number of nitrogens with zero attached hydrogens (tertiary/aromatic N) is 1. The molecule has 0 bridgehead atoms. The lowest BCUT2D eigenvalue weighted by Crippen LogP contribution is -2.41. The van der Waals surface area contributed by atoms with E-state index in [0.717, 1.165) is 0 Å². The molecule has 1 saturated heterocycles. The maximum atomic E-state index is 11.1. The molecular formula is C7H14N2O. The smallest absolute Gasteiger partial charge is 0.238 e. The van der Waals surface area contributed by atoms with Gasteiger partial charge in [-0.05, 0) is 20.8 Å². The molecule has 58 valence electrons. The van der Waals surface area contributed by atoms with Crippen molar-refractivity contribution in [1.82, 2.24) is 10.4 Å². The van der Waals surface area contributed by atoms with Crippen LogP contribution in [0.3, 0.4) is 0 Å². The minimum absolute atomic E-state index is 0.211. The van der Waals surface area contributed by atoms with Crippen LogP contribution in [0.1, 0.15) is 27.2 Å². The van der Waals surface area contributed by atoms with Gasteiger partial charge >= 0.3 is 0 Å². The van der Waals surface area contributed by atoms with Crippen LogP contribution in [0.4, 0.5) is 0 Å². The Morgan fingerprint density at radius 2 is 2.30 bits per heavy atom. The van der Waals surface area contributed by atoms with Crippen molar-refractivity contribution in [2.24, 2.45) is 0 Å². The minimum Gasteiger partial charge on any atom is -0.275 e. The Morgan fingerprint density at radius 1 is 1.70 bits per heavy atom. The Bertz CT molecular complexity index is 145. The van der Waals surface area contributed by atoms with Gasteiger partial charge in [-0.2, -0.15) is 0 Å². The van der Waals surface area contributed by atoms with Crippen LogP contribution < -0.4 is 5.43 Å². The molecule has 1 aliphatic heterocycles. The first-order valence-electron chi connectivity index (χ1n) is 3.69. The van der Waals surface area contributed by atoms with Gasteiger partial charge in [-0.15, -0.1) is 0 Å². The van der Waals surface area contributed by atoms with Crippen molar-refractivity contribution in [2.75, 3.05) is 0 Å². The standard InChI is InChI=1S/C7H14N2O/c1-5(2)9-7(10)4-6(3)8-9/h5-6,8H,4H2,1-3H3. The Morgan fingerprint density at radius 3 is 2.50 bits per heavy atom. The first-order chi connectivity index (χ1) is 4.61. The second kappa shape index (κ2) is 2.58. The molecule has 1 N–H and O–H groups in total. The zero-order valence-corrected chi connectivity index (χ0v) is 6.72. The van der Waals surface area contributed by atoms with Crippen molar-refractivity contribution < 1.29 is 4.79 Å². The highest BCUT2D eigenvalue weighted by atomic mass is 16.2. The first-order valence-corrected chi connectivity index (χ1v) is 3.69. The summed E-state index contributed by atoms with van der Waals surface area (Å²) in [6.07, 6.45) is 0.637. The maximum absolute atomic E-state index is 11.1.